The van der Waals surface area contributed by atoms with Crippen LogP contribution in [0.5, 0.6) is 5.75 Å². The number of hydrogen-bond acceptors (Lipinski definition) is 4. The first-order valence-electron chi connectivity index (χ1n) is 5.44. The second-order valence-electron chi connectivity index (χ2n) is 3.93. The van der Waals surface area contributed by atoms with Gasteiger partial charge in [-0.1, -0.05) is 5.16 Å². The minimum Gasteiger partial charge on any atom is -0.486 e. The molecular weight excluding hydrogens is 194 g/mol. The lowest BCUT2D eigenvalue weighted by Crippen LogP contribution is -2.23. The van der Waals surface area contributed by atoms with Gasteiger partial charge in [0.15, 0.2) is 11.5 Å². The summed E-state index contributed by atoms with van der Waals surface area (Å²) in [4.78, 5) is 0. The highest BCUT2D eigenvalue weighted by Gasteiger charge is 2.17. The zero-order valence-electron chi connectivity index (χ0n) is 9.28. The molecule has 1 saturated carbocycles. The van der Waals surface area contributed by atoms with E-state index >= 15 is 0 Å². The number of hydrogen-bond donors (Lipinski definition) is 0. The van der Waals surface area contributed by atoms with Crippen LogP contribution in [0.2, 0.25) is 0 Å². The normalized spacial score (nSPS) is 16.4. The van der Waals surface area contributed by atoms with Gasteiger partial charge in [-0.25, -0.2) is 0 Å². The highest BCUT2D eigenvalue weighted by atomic mass is 16.5. The van der Waals surface area contributed by atoms with Crippen molar-refractivity contribution in [3.8, 4) is 5.75 Å². The van der Waals surface area contributed by atoms with Gasteiger partial charge in [-0.15, -0.1) is 0 Å². The molecule has 1 aliphatic rings. The molecule has 0 aromatic carbocycles. The minimum atomic E-state index is 0.471. The number of nitrogens with zero attached hydrogens (tertiary/aromatic N) is 1. The van der Waals surface area contributed by atoms with Gasteiger partial charge in [0, 0.05) is 6.92 Å². The summed E-state index contributed by atoms with van der Waals surface area (Å²) in [5.41, 5.74) is 0.802. The molecule has 0 aliphatic heterocycles. The van der Waals surface area contributed by atoms with E-state index in [0.29, 0.717) is 19.3 Å². The Morgan fingerprint density at radius 3 is 2.67 bits per heavy atom. The van der Waals surface area contributed by atoms with E-state index in [-0.39, 0.29) is 0 Å². The smallest absolute Gasteiger partial charge is 0.184 e. The molecule has 1 aromatic rings. The van der Waals surface area contributed by atoms with Crippen LogP contribution in [0.4, 0.5) is 0 Å². The number of aromatic nitrogens is 1. The molecule has 0 radical (unpaired) electrons. The third kappa shape index (κ3) is 2.50. The molecule has 1 aromatic heterocycles. The van der Waals surface area contributed by atoms with Crippen LogP contribution in [-0.4, -0.2) is 24.5 Å². The molecule has 15 heavy (non-hydrogen) atoms. The van der Waals surface area contributed by atoms with E-state index in [2.05, 4.69) is 5.16 Å². The molecule has 1 fully saturated rings. The van der Waals surface area contributed by atoms with E-state index in [0.717, 1.165) is 17.2 Å². The Kier molecular flexibility index (Phi) is 3.26. The highest BCUT2D eigenvalue weighted by molar-refractivity contribution is 5.28. The van der Waals surface area contributed by atoms with E-state index in [1.54, 1.807) is 0 Å². The molecule has 4 heteroatoms. The molecule has 2 rings (SSSR count). The lowest BCUT2D eigenvalue weighted by molar-refractivity contribution is -0.0105. The van der Waals surface area contributed by atoms with Crippen molar-refractivity contribution in [1.29, 1.82) is 0 Å². The third-order valence-electron chi connectivity index (χ3n) is 2.70. The molecular formula is C11H17NO3. The summed E-state index contributed by atoms with van der Waals surface area (Å²) in [5.74, 6) is 1.49. The molecule has 4 nitrogen and oxygen atoms in total. The average Bonchev–Trinajstić information content (AvgIpc) is 2.45. The van der Waals surface area contributed by atoms with Crippen molar-refractivity contribution in [2.45, 2.75) is 39.2 Å². The summed E-state index contributed by atoms with van der Waals surface area (Å²) >= 11 is 0. The molecule has 0 unspecified atom stereocenters. The summed E-state index contributed by atoms with van der Waals surface area (Å²) in [6, 6.07) is 0. The van der Waals surface area contributed by atoms with Gasteiger partial charge in [-0.05, 0) is 26.2 Å². The Morgan fingerprint density at radius 1 is 1.33 bits per heavy atom. The summed E-state index contributed by atoms with van der Waals surface area (Å²) in [7, 11) is 0. The fourth-order valence-corrected chi connectivity index (χ4v) is 1.58. The molecule has 1 aliphatic carbocycles. The van der Waals surface area contributed by atoms with Gasteiger partial charge < -0.3 is 14.0 Å². The molecule has 0 amide bonds. The Bertz CT molecular complexity index is 298. The van der Waals surface area contributed by atoms with Crippen molar-refractivity contribution in [3.63, 3.8) is 0 Å². The van der Waals surface area contributed by atoms with Gasteiger partial charge in [0.2, 0.25) is 0 Å². The molecule has 0 bridgehead atoms. The SMILES string of the molecule is Cc1noc(C)c1OCCOC1CCC1. The Labute approximate surface area is 89.5 Å². The van der Waals surface area contributed by atoms with Gasteiger partial charge >= 0.3 is 0 Å². The number of rotatable bonds is 5. The summed E-state index contributed by atoms with van der Waals surface area (Å²) in [6.07, 6.45) is 4.17. The largest absolute Gasteiger partial charge is 0.486 e. The Hall–Kier alpha value is -1.03. The molecule has 84 valence electrons. The number of aryl methyl sites for hydroxylation is 2. The summed E-state index contributed by atoms with van der Waals surface area (Å²) in [5, 5.41) is 3.82. The Balaban J connectivity index is 1.68. The lowest BCUT2D eigenvalue weighted by atomic mass is 9.96. The van der Waals surface area contributed by atoms with Crippen LogP contribution >= 0.6 is 0 Å². The predicted molar refractivity (Wildman–Crippen MR) is 55.1 cm³/mol. The van der Waals surface area contributed by atoms with E-state index in [1.165, 1.54) is 19.3 Å². The van der Waals surface area contributed by atoms with Gasteiger partial charge in [-0.3, -0.25) is 0 Å². The zero-order valence-corrected chi connectivity index (χ0v) is 9.28. The van der Waals surface area contributed by atoms with Crippen molar-refractivity contribution in [3.05, 3.63) is 11.5 Å². The fraction of sp³-hybridized carbons (Fsp3) is 0.727. The van der Waals surface area contributed by atoms with Crippen LogP contribution in [0.3, 0.4) is 0 Å². The lowest BCUT2D eigenvalue weighted by Gasteiger charge is -2.25. The van der Waals surface area contributed by atoms with Crippen LogP contribution in [-0.2, 0) is 4.74 Å². The molecule has 1 heterocycles. The van der Waals surface area contributed by atoms with E-state index in [4.69, 9.17) is 14.0 Å². The van der Waals surface area contributed by atoms with Crippen LogP contribution < -0.4 is 4.74 Å². The van der Waals surface area contributed by atoms with E-state index in [1.807, 2.05) is 13.8 Å². The van der Waals surface area contributed by atoms with Crippen LogP contribution in [0.1, 0.15) is 30.7 Å². The van der Waals surface area contributed by atoms with Crippen molar-refractivity contribution < 1.29 is 14.0 Å². The highest BCUT2D eigenvalue weighted by Crippen LogP contribution is 2.23. The monoisotopic (exact) mass is 211 g/mol. The quantitative estimate of drug-likeness (QED) is 0.701. The molecule has 0 N–H and O–H groups in total. The molecule has 0 saturated heterocycles. The fourth-order valence-electron chi connectivity index (χ4n) is 1.58. The minimum absolute atomic E-state index is 0.471. The van der Waals surface area contributed by atoms with Gasteiger partial charge in [-0.2, -0.15) is 0 Å². The van der Waals surface area contributed by atoms with Crippen LogP contribution in [0.15, 0.2) is 4.52 Å². The van der Waals surface area contributed by atoms with E-state index in [9.17, 15) is 0 Å². The van der Waals surface area contributed by atoms with Crippen molar-refractivity contribution in [2.24, 2.45) is 0 Å². The predicted octanol–water partition coefficient (Wildman–Crippen LogP) is 2.24. The maximum absolute atomic E-state index is 5.58. The van der Waals surface area contributed by atoms with Crippen molar-refractivity contribution in [1.82, 2.24) is 5.16 Å². The van der Waals surface area contributed by atoms with Crippen molar-refractivity contribution >= 4 is 0 Å². The second-order valence-corrected chi connectivity index (χ2v) is 3.93. The first-order chi connectivity index (χ1) is 7.27. The second kappa shape index (κ2) is 4.66. The van der Waals surface area contributed by atoms with Crippen LogP contribution in [0, 0.1) is 13.8 Å². The average molecular weight is 211 g/mol. The van der Waals surface area contributed by atoms with Gasteiger partial charge in [0.25, 0.3) is 0 Å². The first kappa shape index (κ1) is 10.5. The molecule has 0 spiro atoms. The summed E-state index contributed by atoms with van der Waals surface area (Å²) < 4.78 is 16.1. The topological polar surface area (TPSA) is 44.5 Å². The van der Waals surface area contributed by atoms with Gasteiger partial charge in [0.05, 0.1) is 12.7 Å². The van der Waals surface area contributed by atoms with Gasteiger partial charge in [0.1, 0.15) is 12.3 Å². The molecule has 0 atom stereocenters. The maximum atomic E-state index is 5.58. The maximum Gasteiger partial charge on any atom is 0.184 e. The zero-order chi connectivity index (χ0) is 10.7. The first-order valence-corrected chi connectivity index (χ1v) is 5.44. The number of ether oxygens (including phenoxy) is 2. The standard InChI is InChI=1S/C11H17NO3/c1-8-11(9(2)15-12-8)14-7-6-13-10-4-3-5-10/h10H,3-7H2,1-2H3. The Morgan fingerprint density at radius 2 is 2.13 bits per heavy atom. The van der Waals surface area contributed by atoms with Crippen molar-refractivity contribution in [2.75, 3.05) is 13.2 Å². The van der Waals surface area contributed by atoms with E-state index < -0.39 is 0 Å². The third-order valence-corrected chi connectivity index (χ3v) is 2.70. The summed E-state index contributed by atoms with van der Waals surface area (Å²) in [6.45, 7) is 4.94. The van der Waals surface area contributed by atoms with Crippen LogP contribution in [0.25, 0.3) is 0 Å².